The number of methoxy groups -OCH3 is 2. The van der Waals surface area contributed by atoms with Crippen molar-refractivity contribution in [3.8, 4) is 11.4 Å². The fourth-order valence-corrected chi connectivity index (χ4v) is 3.48. The molecule has 0 aliphatic carbocycles. The van der Waals surface area contributed by atoms with E-state index in [1.54, 1.807) is 56.5 Å². The average molecular weight is 370 g/mol. The van der Waals surface area contributed by atoms with Crippen LogP contribution in [0.25, 0.3) is 16.6 Å². The van der Waals surface area contributed by atoms with Gasteiger partial charge in [-0.05, 0) is 43.3 Å². The number of carbonyl (C=O) groups is 1. The van der Waals surface area contributed by atoms with Gasteiger partial charge in [-0.3, -0.25) is 14.2 Å². The van der Waals surface area contributed by atoms with Crippen molar-refractivity contribution >= 4 is 28.6 Å². The molecule has 7 heteroatoms. The van der Waals surface area contributed by atoms with Crippen LogP contribution in [0.5, 0.6) is 5.75 Å². The van der Waals surface area contributed by atoms with E-state index >= 15 is 0 Å². The third-order valence-corrected chi connectivity index (χ3v) is 4.92. The standard InChI is InChI=1S/C19H18N2O4S/c1-12(18(23)25-3)26-19-20-16-7-5-4-6-15(16)17(22)21(19)13-8-10-14(24-2)11-9-13/h4-12H,1-3H3. The van der Waals surface area contributed by atoms with Gasteiger partial charge in [0.15, 0.2) is 5.16 Å². The van der Waals surface area contributed by atoms with E-state index in [1.807, 2.05) is 6.07 Å². The van der Waals surface area contributed by atoms with Gasteiger partial charge < -0.3 is 9.47 Å². The van der Waals surface area contributed by atoms with E-state index in [1.165, 1.54) is 23.4 Å². The SMILES string of the molecule is COC(=O)C(C)Sc1nc2ccccc2c(=O)n1-c1ccc(OC)cc1. The predicted molar refractivity (Wildman–Crippen MR) is 101 cm³/mol. The summed E-state index contributed by atoms with van der Waals surface area (Å²) >= 11 is 1.18. The van der Waals surface area contributed by atoms with Crippen molar-refractivity contribution in [2.75, 3.05) is 14.2 Å². The number of thioether (sulfide) groups is 1. The molecule has 134 valence electrons. The topological polar surface area (TPSA) is 70.4 Å². The number of fused-ring (bicyclic) bond motifs is 1. The molecule has 1 heterocycles. The highest BCUT2D eigenvalue weighted by Crippen LogP contribution is 2.26. The first-order valence-electron chi connectivity index (χ1n) is 7.96. The number of ether oxygens (including phenoxy) is 2. The Balaban J connectivity index is 2.20. The summed E-state index contributed by atoms with van der Waals surface area (Å²) in [7, 11) is 2.92. The van der Waals surface area contributed by atoms with E-state index in [-0.39, 0.29) is 11.5 Å². The number of benzene rings is 2. The van der Waals surface area contributed by atoms with Crippen LogP contribution in [-0.2, 0) is 9.53 Å². The number of carbonyl (C=O) groups excluding carboxylic acids is 1. The van der Waals surface area contributed by atoms with Crippen molar-refractivity contribution in [2.45, 2.75) is 17.3 Å². The second-order valence-corrected chi connectivity index (χ2v) is 6.84. The summed E-state index contributed by atoms with van der Waals surface area (Å²) in [5.74, 6) is 0.311. The summed E-state index contributed by atoms with van der Waals surface area (Å²) < 4.78 is 11.5. The van der Waals surface area contributed by atoms with Gasteiger partial charge >= 0.3 is 5.97 Å². The van der Waals surface area contributed by atoms with E-state index in [0.29, 0.717) is 27.5 Å². The predicted octanol–water partition coefficient (Wildman–Crippen LogP) is 3.05. The van der Waals surface area contributed by atoms with Crippen LogP contribution in [0.4, 0.5) is 0 Å². The number of nitrogens with zero attached hydrogens (tertiary/aromatic N) is 2. The van der Waals surface area contributed by atoms with E-state index in [2.05, 4.69) is 4.98 Å². The first-order valence-corrected chi connectivity index (χ1v) is 8.84. The van der Waals surface area contributed by atoms with E-state index in [0.717, 1.165) is 0 Å². The minimum atomic E-state index is -0.502. The maximum absolute atomic E-state index is 13.1. The van der Waals surface area contributed by atoms with Crippen LogP contribution in [0.15, 0.2) is 58.5 Å². The Bertz CT molecular complexity index is 999. The highest BCUT2D eigenvalue weighted by molar-refractivity contribution is 8.00. The molecule has 1 unspecified atom stereocenters. The summed E-state index contributed by atoms with van der Waals surface area (Å²) in [6.45, 7) is 1.72. The van der Waals surface area contributed by atoms with Crippen molar-refractivity contribution in [3.05, 3.63) is 58.9 Å². The Morgan fingerprint density at radius 3 is 2.46 bits per heavy atom. The van der Waals surface area contributed by atoms with Gasteiger partial charge in [0.25, 0.3) is 5.56 Å². The molecule has 0 radical (unpaired) electrons. The summed E-state index contributed by atoms with van der Waals surface area (Å²) in [5, 5.41) is 0.438. The minimum absolute atomic E-state index is 0.194. The second-order valence-electron chi connectivity index (χ2n) is 5.53. The van der Waals surface area contributed by atoms with Gasteiger partial charge in [-0.15, -0.1) is 0 Å². The molecule has 0 N–H and O–H groups in total. The summed E-state index contributed by atoms with van der Waals surface area (Å²) in [5.41, 5.74) is 1.04. The summed E-state index contributed by atoms with van der Waals surface area (Å²) in [6, 6.07) is 14.3. The Kier molecular flexibility index (Phi) is 5.27. The van der Waals surface area contributed by atoms with Gasteiger partial charge in [0, 0.05) is 0 Å². The van der Waals surface area contributed by atoms with Gasteiger partial charge in [-0.2, -0.15) is 0 Å². The lowest BCUT2D eigenvalue weighted by molar-refractivity contribution is -0.139. The number of hydrogen-bond donors (Lipinski definition) is 0. The highest BCUT2D eigenvalue weighted by Gasteiger charge is 2.20. The van der Waals surface area contributed by atoms with Crippen LogP contribution >= 0.6 is 11.8 Å². The van der Waals surface area contributed by atoms with Crippen molar-refractivity contribution in [3.63, 3.8) is 0 Å². The highest BCUT2D eigenvalue weighted by atomic mass is 32.2. The smallest absolute Gasteiger partial charge is 0.318 e. The lowest BCUT2D eigenvalue weighted by Gasteiger charge is -2.15. The quantitative estimate of drug-likeness (QED) is 0.391. The first-order chi connectivity index (χ1) is 12.5. The van der Waals surface area contributed by atoms with Gasteiger partial charge in [0.05, 0.1) is 30.8 Å². The number of esters is 1. The van der Waals surface area contributed by atoms with Crippen molar-refractivity contribution < 1.29 is 14.3 Å². The maximum Gasteiger partial charge on any atom is 0.318 e. The Hall–Kier alpha value is -2.80. The summed E-state index contributed by atoms with van der Waals surface area (Å²) in [4.78, 5) is 29.5. The largest absolute Gasteiger partial charge is 0.497 e. The fraction of sp³-hybridized carbons (Fsp3) is 0.211. The third-order valence-electron chi connectivity index (χ3n) is 3.89. The first kappa shape index (κ1) is 18.0. The van der Waals surface area contributed by atoms with Gasteiger partial charge in [0.2, 0.25) is 0 Å². The van der Waals surface area contributed by atoms with Crippen molar-refractivity contribution in [2.24, 2.45) is 0 Å². The van der Waals surface area contributed by atoms with Gasteiger partial charge in [0.1, 0.15) is 11.0 Å². The summed E-state index contributed by atoms with van der Waals surface area (Å²) in [6.07, 6.45) is 0. The molecule has 0 saturated carbocycles. The van der Waals surface area contributed by atoms with Crippen LogP contribution in [0.1, 0.15) is 6.92 Å². The van der Waals surface area contributed by atoms with Crippen LogP contribution in [0.3, 0.4) is 0 Å². The van der Waals surface area contributed by atoms with E-state index in [9.17, 15) is 9.59 Å². The molecular weight excluding hydrogens is 352 g/mol. The maximum atomic E-state index is 13.1. The molecule has 0 spiro atoms. The molecule has 3 aromatic rings. The van der Waals surface area contributed by atoms with Gasteiger partial charge in [-0.1, -0.05) is 23.9 Å². The number of hydrogen-bond acceptors (Lipinski definition) is 6. The molecule has 0 fully saturated rings. The molecule has 1 atom stereocenters. The number of para-hydroxylation sites is 1. The zero-order valence-electron chi connectivity index (χ0n) is 14.6. The molecule has 1 aromatic heterocycles. The Morgan fingerprint density at radius 1 is 1.12 bits per heavy atom. The Labute approximate surface area is 154 Å². The molecule has 0 aliphatic heterocycles. The molecule has 0 aliphatic rings. The lowest BCUT2D eigenvalue weighted by atomic mass is 10.2. The molecular formula is C19H18N2O4S. The van der Waals surface area contributed by atoms with Gasteiger partial charge in [-0.25, -0.2) is 4.98 Å². The van der Waals surface area contributed by atoms with Crippen LogP contribution in [0, 0.1) is 0 Å². The zero-order chi connectivity index (χ0) is 18.7. The second kappa shape index (κ2) is 7.61. The van der Waals surface area contributed by atoms with Crippen molar-refractivity contribution in [1.29, 1.82) is 0 Å². The Morgan fingerprint density at radius 2 is 1.81 bits per heavy atom. The normalized spacial score (nSPS) is 12.0. The number of rotatable bonds is 5. The fourth-order valence-electron chi connectivity index (χ4n) is 2.52. The molecule has 0 saturated heterocycles. The zero-order valence-corrected chi connectivity index (χ0v) is 15.4. The molecule has 0 amide bonds. The monoisotopic (exact) mass is 370 g/mol. The van der Waals surface area contributed by atoms with E-state index in [4.69, 9.17) is 9.47 Å². The molecule has 6 nitrogen and oxygen atoms in total. The van der Waals surface area contributed by atoms with Crippen LogP contribution in [-0.4, -0.2) is 35.0 Å². The molecule has 2 aromatic carbocycles. The average Bonchev–Trinajstić information content (AvgIpc) is 2.67. The molecule has 26 heavy (non-hydrogen) atoms. The number of aromatic nitrogens is 2. The van der Waals surface area contributed by atoms with Crippen LogP contribution < -0.4 is 10.3 Å². The molecule has 3 rings (SSSR count). The third kappa shape index (κ3) is 3.43. The molecule has 0 bridgehead atoms. The van der Waals surface area contributed by atoms with Crippen LogP contribution in [0.2, 0.25) is 0 Å². The van der Waals surface area contributed by atoms with Crippen molar-refractivity contribution in [1.82, 2.24) is 9.55 Å². The lowest BCUT2D eigenvalue weighted by Crippen LogP contribution is -2.24. The minimum Gasteiger partial charge on any atom is -0.497 e. The van der Waals surface area contributed by atoms with E-state index < -0.39 is 5.25 Å².